The number of carbonyl (C=O) groups excluding carboxylic acids is 1. The van der Waals surface area contributed by atoms with Crippen LogP contribution in [0.3, 0.4) is 0 Å². The second-order valence-corrected chi connectivity index (χ2v) is 6.11. The molecule has 1 aliphatic heterocycles. The van der Waals surface area contributed by atoms with E-state index in [4.69, 9.17) is 0 Å². The van der Waals surface area contributed by atoms with Crippen molar-refractivity contribution in [3.63, 3.8) is 0 Å². The Bertz CT molecular complexity index is 468. The zero-order valence-corrected chi connectivity index (χ0v) is 11.8. The number of likely N-dealkylation sites (tertiary alicyclic amines) is 1. The zero-order chi connectivity index (χ0) is 13.2. The van der Waals surface area contributed by atoms with Gasteiger partial charge in [-0.15, -0.1) is 0 Å². The van der Waals surface area contributed by atoms with Gasteiger partial charge in [0.25, 0.3) is 0 Å². The van der Waals surface area contributed by atoms with E-state index in [1.54, 1.807) is 0 Å². The van der Waals surface area contributed by atoms with E-state index in [1.807, 2.05) is 31.2 Å². The number of hydrogen-bond donors (Lipinski definition) is 0. The highest BCUT2D eigenvalue weighted by molar-refractivity contribution is 5.98. The fraction of sp³-hybridized carbons (Fsp3) is 0.588. The highest BCUT2D eigenvalue weighted by Gasteiger charge is 2.35. The van der Waals surface area contributed by atoms with Crippen LogP contribution in [0, 0.1) is 12.8 Å². The summed E-state index contributed by atoms with van der Waals surface area (Å²) in [6.07, 6.45) is 6.66. The predicted octanol–water partition coefficient (Wildman–Crippen LogP) is 3.44. The van der Waals surface area contributed by atoms with Crippen LogP contribution in [-0.4, -0.2) is 29.8 Å². The van der Waals surface area contributed by atoms with Gasteiger partial charge in [0.15, 0.2) is 5.78 Å². The Kier molecular flexibility index (Phi) is 3.69. The Morgan fingerprint density at radius 1 is 1.21 bits per heavy atom. The molecule has 1 aromatic rings. The van der Waals surface area contributed by atoms with Gasteiger partial charge in [0, 0.05) is 11.6 Å². The smallest absolute Gasteiger partial charge is 0.177 e. The summed E-state index contributed by atoms with van der Waals surface area (Å²) in [5, 5.41) is 0. The molecule has 0 aromatic heterocycles. The van der Waals surface area contributed by atoms with Crippen molar-refractivity contribution in [3.8, 4) is 0 Å². The number of aryl methyl sites for hydroxylation is 1. The van der Waals surface area contributed by atoms with E-state index < -0.39 is 0 Å². The number of hydrogen-bond acceptors (Lipinski definition) is 2. The third kappa shape index (κ3) is 2.59. The van der Waals surface area contributed by atoms with Crippen molar-refractivity contribution in [1.29, 1.82) is 0 Å². The first-order valence-electron chi connectivity index (χ1n) is 7.58. The van der Waals surface area contributed by atoms with Crippen molar-refractivity contribution in [3.05, 3.63) is 35.4 Å². The molecule has 0 radical (unpaired) electrons. The number of Topliss-reactive ketones (excluding diaryl/α,β-unsaturated/α-hetero) is 1. The maximum atomic E-state index is 12.5. The lowest BCUT2D eigenvalue weighted by Crippen LogP contribution is -2.45. The topological polar surface area (TPSA) is 20.3 Å². The summed E-state index contributed by atoms with van der Waals surface area (Å²) >= 11 is 0. The van der Waals surface area contributed by atoms with Gasteiger partial charge in [0.05, 0.1) is 6.54 Å². The summed E-state index contributed by atoms with van der Waals surface area (Å²) in [5.41, 5.74) is 2.01. The van der Waals surface area contributed by atoms with Crippen LogP contribution in [0.15, 0.2) is 24.3 Å². The van der Waals surface area contributed by atoms with Gasteiger partial charge in [-0.05, 0) is 50.6 Å². The van der Waals surface area contributed by atoms with Crippen molar-refractivity contribution in [1.82, 2.24) is 4.90 Å². The zero-order valence-electron chi connectivity index (χ0n) is 11.8. The maximum absolute atomic E-state index is 12.5. The molecule has 1 saturated carbocycles. The minimum atomic E-state index is 0.297. The second-order valence-electron chi connectivity index (χ2n) is 6.11. The van der Waals surface area contributed by atoms with Crippen LogP contribution in [0.4, 0.5) is 0 Å². The molecule has 19 heavy (non-hydrogen) atoms. The van der Waals surface area contributed by atoms with E-state index in [0.29, 0.717) is 18.4 Å². The fourth-order valence-electron chi connectivity index (χ4n) is 3.91. The van der Waals surface area contributed by atoms with Crippen LogP contribution in [0.25, 0.3) is 0 Å². The molecule has 2 nitrogen and oxygen atoms in total. The largest absolute Gasteiger partial charge is 0.293 e. The average molecular weight is 257 g/mol. The van der Waals surface area contributed by atoms with Gasteiger partial charge in [0.2, 0.25) is 0 Å². The van der Waals surface area contributed by atoms with E-state index in [2.05, 4.69) is 4.90 Å². The molecule has 0 spiro atoms. The SMILES string of the molecule is Cc1ccccc1C(=O)CN1CCCC2CCCC21. The molecule has 1 aliphatic carbocycles. The summed E-state index contributed by atoms with van der Waals surface area (Å²) in [7, 11) is 0. The minimum absolute atomic E-state index is 0.297. The molecule has 0 bridgehead atoms. The molecule has 1 heterocycles. The number of ketones is 1. The Balaban J connectivity index is 1.71. The third-order valence-corrected chi connectivity index (χ3v) is 4.90. The first-order valence-corrected chi connectivity index (χ1v) is 7.58. The molecule has 0 N–H and O–H groups in total. The quantitative estimate of drug-likeness (QED) is 0.773. The van der Waals surface area contributed by atoms with Gasteiger partial charge in [-0.2, -0.15) is 0 Å². The molecule has 0 amide bonds. The molecule has 3 rings (SSSR count). The molecular weight excluding hydrogens is 234 g/mol. The molecular formula is C17H23NO. The lowest BCUT2D eigenvalue weighted by atomic mass is 9.91. The highest BCUT2D eigenvalue weighted by atomic mass is 16.1. The van der Waals surface area contributed by atoms with Gasteiger partial charge in [-0.3, -0.25) is 9.69 Å². The molecule has 2 fully saturated rings. The summed E-state index contributed by atoms with van der Waals surface area (Å²) in [5.74, 6) is 1.16. The first-order chi connectivity index (χ1) is 9.25. The fourth-order valence-corrected chi connectivity index (χ4v) is 3.91. The number of nitrogens with zero attached hydrogens (tertiary/aromatic N) is 1. The number of piperidine rings is 1. The van der Waals surface area contributed by atoms with Crippen molar-refractivity contribution in [2.24, 2.45) is 5.92 Å². The molecule has 102 valence electrons. The van der Waals surface area contributed by atoms with Crippen LogP contribution in [0.5, 0.6) is 0 Å². The van der Waals surface area contributed by atoms with E-state index >= 15 is 0 Å². The molecule has 1 aromatic carbocycles. The van der Waals surface area contributed by atoms with Crippen molar-refractivity contribution >= 4 is 5.78 Å². The standard InChI is InChI=1S/C17H23NO/c1-13-6-2-3-9-15(13)17(19)12-18-11-5-8-14-7-4-10-16(14)18/h2-3,6,9,14,16H,4-5,7-8,10-12H2,1H3. The summed E-state index contributed by atoms with van der Waals surface area (Å²) in [4.78, 5) is 14.9. The van der Waals surface area contributed by atoms with Gasteiger partial charge in [-0.1, -0.05) is 30.7 Å². The van der Waals surface area contributed by atoms with Crippen LogP contribution in [-0.2, 0) is 0 Å². The van der Waals surface area contributed by atoms with Crippen LogP contribution in [0.2, 0.25) is 0 Å². The summed E-state index contributed by atoms with van der Waals surface area (Å²) in [6.45, 7) is 3.76. The van der Waals surface area contributed by atoms with Gasteiger partial charge in [0.1, 0.15) is 0 Å². The second kappa shape index (κ2) is 5.46. The van der Waals surface area contributed by atoms with Crippen LogP contribution in [0.1, 0.15) is 48.0 Å². The predicted molar refractivity (Wildman–Crippen MR) is 77.4 cm³/mol. The lowest BCUT2D eigenvalue weighted by Gasteiger charge is -2.37. The number of rotatable bonds is 3. The normalized spacial score (nSPS) is 27.2. The third-order valence-electron chi connectivity index (χ3n) is 4.90. The molecule has 1 saturated heterocycles. The van der Waals surface area contributed by atoms with E-state index in [0.717, 1.165) is 23.6 Å². The van der Waals surface area contributed by atoms with Crippen molar-refractivity contribution in [2.45, 2.75) is 45.1 Å². The average Bonchev–Trinajstić information content (AvgIpc) is 2.88. The van der Waals surface area contributed by atoms with Crippen LogP contribution < -0.4 is 0 Å². The van der Waals surface area contributed by atoms with E-state index in [-0.39, 0.29) is 0 Å². The van der Waals surface area contributed by atoms with Gasteiger partial charge in [-0.25, -0.2) is 0 Å². The Morgan fingerprint density at radius 3 is 2.84 bits per heavy atom. The van der Waals surface area contributed by atoms with E-state index in [9.17, 15) is 4.79 Å². The van der Waals surface area contributed by atoms with Gasteiger partial charge >= 0.3 is 0 Å². The molecule has 2 aliphatic rings. The lowest BCUT2D eigenvalue weighted by molar-refractivity contribution is 0.0776. The van der Waals surface area contributed by atoms with Gasteiger partial charge < -0.3 is 0 Å². The highest BCUT2D eigenvalue weighted by Crippen LogP contribution is 2.36. The number of fused-ring (bicyclic) bond motifs is 1. The van der Waals surface area contributed by atoms with E-state index in [1.165, 1.54) is 32.1 Å². The maximum Gasteiger partial charge on any atom is 0.177 e. The number of carbonyl (C=O) groups is 1. The van der Waals surface area contributed by atoms with Crippen LogP contribution >= 0.6 is 0 Å². The Hall–Kier alpha value is -1.15. The first kappa shape index (κ1) is 12.9. The summed E-state index contributed by atoms with van der Waals surface area (Å²) in [6, 6.07) is 8.64. The number of benzene rings is 1. The monoisotopic (exact) mass is 257 g/mol. The molecule has 2 heteroatoms. The van der Waals surface area contributed by atoms with Crippen molar-refractivity contribution in [2.75, 3.05) is 13.1 Å². The Labute approximate surface area is 115 Å². The molecule has 2 unspecified atom stereocenters. The van der Waals surface area contributed by atoms with Crippen molar-refractivity contribution < 1.29 is 4.79 Å². The summed E-state index contributed by atoms with van der Waals surface area (Å²) < 4.78 is 0. The Morgan fingerprint density at radius 2 is 2.00 bits per heavy atom. The minimum Gasteiger partial charge on any atom is -0.293 e. The molecule has 2 atom stereocenters.